The highest BCUT2D eigenvalue weighted by molar-refractivity contribution is 9.10. The van der Waals surface area contributed by atoms with E-state index in [1.165, 1.54) is 30.3 Å². The van der Waals surface area contributed by atoms with Crippen LogP contribution in [0.5, 0.6) is 0 Å². The van der Waals surface area contributed by atoms with Crippen LogP contribution in [0.2, 0.25) is 0 Å². The van der Waals surface area contributed by atoms with Gasteiger partial charge in [0.2, 0.25) is 11.7 Å². The highest BCUT2D eigenvalue weighted by Gasteiger charge is 2.22. The maximum atomic E-state index is 11.9. The Bertz CT molecular complexity index is 918. The molecule has 3 rings (SSSR count). The highest BCUT2D eigenvalue weighted by atomic mass is 79.9. The molecule has 0 saturated carbocycles. The lowest BCUT2D eigenvalue weighted by atomic mass is 10.2. The Morgan fingerprint density at radius 3 is 2.52 bits per heavy atom. The van der Waals surface area contributed by atoms with Gasteiger partial charge in [0.25, 0.3) is 11.6 Å². The van der Waals surface area contributed by atoms with Gasteiger partial charge in [0.1, 0.15) is 0 Å². The van der Waals surface area contributed by atoms with Crippen molar-refractivity contribution in [1.82, 2.24) is 10.2 Å². The molecular weight excluding hydrogens is 398 g/mol. The molecule has 0 fully saturated rings. The number of rotatable bonds is 5. The van der Waals surface area contributed by atoms with Crippen molar-refractivity contribution in [3.05, 3.63) is 62.8 Å². The molecule has 128 valence electrons. The van der Waals surface area contributed by atoms with Crippen molar-refractivity contribution in [2.24, 2.45) is 0 Å². The Morgan fingerprint density at radius 2 is 1.92 bits per heavy atom. The van der Waals surface area contributed by atoms with E-state index in [0.717, 1.165) is 0 Å². The maximum absolute atomic E-state index is 11.9. The monoisotopic (exact) mass is 407 g/mol. The van der Waals surface area contributed by atoms with Crippen LogP contribution in [0.25, 0.3) is 11.5 Å². The van der Waals surface area contributed by atoms with Crippen molar-refractivity contribution >= 4 is 27.6 Å². The first-order valence-electron chi connectivity index (χ1n) is 6.98. The van der Waals surface area contributed by atoms with Gasteiger partial charge < -0.3 is 13.6 Å². The first kappa shape index (κ1) is 16.8. The van der Waals surface area contributed by atoms with E-state index >= 15 is 0 Å². The predicted octanol–water partition coefficient (Wildman–Crippen LogP) is 3.92. The molecule has 0 unspecified atom stereocenters. The summed E-state index contributed by atoms with van der Waals surface area (Å²) in [6, 6.07) is 8.68. The first-order chi connectivity index (χ1) is 11.9. The summed E-state index contributed by atoms with van der Waals surface area (Å²) >= 11 is 3.10. The van der Waals surface area contributed by atoms with Gasteiger partial charge in [-0.05, 0) is 47.1 Å². The Hall–Kier alpha value is -3.01. The summed E-state index contributed by atoms with van der Waals surface area (Å²) in [7, 11) is 0. The van der Waals surface area contributed by atoms with Gasteiger partial charge in [0.15, 0.2) is 10.8 Å². The second-order valence-electron chi connectivity index (χ2n) is 4.90. The summed E-state index contributed by atoms with van der Waals surface area (Å²) in [5, 5.41) is 18.4. The second-order valence-corrected chi connectivity index (χ2v) is 5.68. The number of furan rings is 1. The third-order valence-electron chi connectivity index (χ3n) is 3.17. The van der Waals surface area contributed by atoms with Crippen molar-refractivity contribution in [3.8, 4) is 11.5 Å². The van der Waals surface area contributed by atoms with Crippen LogP contribution in [0, 0.1) is 10.1 Å². The third-order valence-corrected chi connectivity index (χ3v) is 3.60. The van der Waals surface area contributed by atoms with Gasteiger partial charge in [-0.25, -0.2) is 4.79 Å². The Kier molecular flexibility index (Phi) is 4.61. The quantitative estimate of drug-likeness (QED) is 0.354. The fraction of sp³-hybridized carbons (Fsp3) is 0.133. The summed E-state index contributed by atoms with van der Waals surface area (Å²) in [6.45, 7) is 1.57. The molecule has 9 nitrogen and oxygen atoms in total. The topological polar surface area (TPSA) is 122 Å². The first-order valence-corrected chi connectivity index (χ1v) is 7.78. The van der Waals surface area contributed by atoms with E-state index in [-0.39, 0.29) is 23.2 Å². The molecule has 0 aliphatic carbocycles. The summed E-state index contributed by atoms with van der Waals surface area (Å²) in [5.41, 5.74) is 0.466. The van der Waals surface area contributed by atoms with Gasteiger partial charge in [-0.1, -0.05) is 0 Å². The molecule has 0 amide bonds. The molecule has 0 aliphatic rings. The minimum absolute atomic E-state index is 0.0360. The van der Waals surface area contributed by atoms with E-state index in [1.807, 2.05) is 0 Å². The molecule has 1 atom stereocenters. The van der Waals surface area contributed by atoms with Crippen molar-refractivity contribution in [1.29, 1.82) is 0 Å². The number of hydrogen-bond acceptors (Lipinski definition) is 8. The largest absolute Gasteiger partial charge is 0.447 e. The van der Waals surface area contributed by atoms with E-state index in [4.69, 9.17) is 13.6 Å². The van der Waals surface area contributed by atoms with Crippen LogP contribution in [0.4, 0.5) is 5.69 Å². The maximum Gasteiger partial charge on any atom is 0.375 e. The number of nitrogens with zero attached hydrogens (tertiary/aromatic N) is 3. The zero-order valence-corrected chi connectivity index (χ0v) is 14.3. The molecule has 3 aromatic rings. The summed E-state index contributed by atoms with van der Waals surface area (Å²) in [4.78, 5) is 22.1. The molecule has 10 heteroatoms. The zero-order valence-electron chi connectivity index (χ0n) is 12.7. The standard InChI is InChI=1S/C15H10BrN3O6/c1-8(23-15(20)11-6-7-12(16)24-11)13-17-18-14(25-13)9-2-4-10(5-3-9)19(21)22/h2-8H,1H3/t8-/m0/s1. The smallest absolute Gasteiger partial charge is 0.375 e. The number of nitro groups is 1. The third kappa shape index (κ3) is 3.74. The second kappa shape index (κ2) is 6.85. The average Bonchev–Trinajstić information content (AvgIpc) is 3.24. The highest BCUT2D eigenvalue weighted by Crippen LogP contribution is 2.25. The zero-order chi connectivity index (χ0) is 18.0. The van der Waals surface area contributed by atoms with Crippen molar-refractivity contribution in [3.63, 3.8) is 0 Å². The molecule has 0 N–H and O–H groups in total. The van der Waals surface area contributed by atoms with Crippen molar-refractivity contribution in [2.45, 2.75) is 13.0 Å². The fourth-order valence-corrected chi connectivity index (χ4v) is 2.24. The Balaban J connectivity index is 1.72. The lowest BCUT2D eigenvalue weighted by Crippen LogP contribution is -2.08. The van der Waals surface area contributed by atoms with Crippen molar-refractivity contribution < 1.29 is 23.3 Å². The average molecular weight is 408 g/mol. The number of halogens is 1. The van der Waals surface area contributed by atoms with Crippen LogP contribution in [-0.2, 0) is 4.74 Å². The number of carbonyl (C=O) groups is 1. The van der Waals surface area contributed by atoms with E-state index in [9.17, 15) is 14.9 Å². The molecule has 0 aliphatic heterocycles. The molecule has 2 aromatic heterocycles. The summed E-state index contributed by atoms with van der Waals surface area (Å²) in [6.07, 6.45) is -0.796. The number of aromatic nitrogens is 2. The van der Waals surface area contributed by atoms with Crippen LogP contribution in [0.1, 0.15) is 29.5 Å². The van der Waals surface area contributed by atoms with Gasteiger partial charge >= 0.3 is 5.97 Å². The molecule has 0 radical (unpaired) electrons. The number of ether oxygens (including phenoxy) is 1. The number of non-ortho nitro benzene ring substituents is 1. The number of esters is 1. The minimum atomic E-state index is -0.796. The minimum Gasteiger partial charge on any atom is -0.447 e. The predicted molar refractivity (Wildman–Crippen MR) is 86.6 cm³/mol. The number of hydrogen-bond donors (Lipinski definition) is 0. The van der Waals surface area contributed by atoms with Crippen LogP contribution < -0.4 is 0 Å². The lowest BCUT2D eigenvalue weighted by molar-refractivity contribution is -0.384. The van der Waals surface area contributed by atoms with Crippen LogP contribution in [0.3, 0.4) is 0 Å². The van der Waals surface area contributed by atoms with Gasteiger partial charge in [0, 0.05) is 17.7 Å². The van der Waals surface area contributed by atoms with Crippen molar-refractivity contribution in [2.75, 3.05) is 0 Å². The Labute approximate surface area is 148 Å². The summed E-state index contributed by atoms with van der Waals surface area (Å²) < 4.78 is 16.2. The van der Waals surface area contributed by atoms with E-state index < -0.39 is 17.0 Å². The Morgan fingerprint density at radius 1 is 1.20 bits per heavy atom. The molecule has 0 bridgehead atoms. The van der Waals surface area contributed by atoms with Crippen LogP contribution in [-0.4, -0.2) is 21.1 Å². The normalized spacial score (nSPS) is 11.9. The molecule has 0 spiro atoms. The molecule has 0 saturated heterocycles. The summed E-state index contributed by atoms with van der Waals surface area (Å²) in [5.74, 6) is -0.386. The van der Waals surface area contributed by atoms with Gasteiger partial charge in [-0.2, -0.15) is 0 Å². The molecular formula is C15H10BrN3O6. The number of carbonyl (C=O) groups excluding carboxylic acids is 1. The SMILES string of the molecule is C[C@H](OC(=O)c1ccc(Br)o1)c1nnc(-c2ccc([N+](=O)[O-])cc2)o1. The van der Waals surface area contributed by atoms with E-state index in [1.54, 1.807) is 13.0 Å². The molecule has 1 aromatic carbocycles. The van der Waals surface area contributed by atoms with E-state index in [0.29, 0.717) is 10.2 Å². The fourth-order valence-electron chi connectivity index (χ4n) is 1.93. The van der Waals surface area contributed by atoms with E-state index in [2.05, 4.69) is 26.1 Å². The molecule has 25 heavy (non-hydrogen) atoms. The van der Waals surface area contributed by atoms with Crippen LogP contribution >= 0.6 is 15.9 Å². The van der Waals surface area contributed by atoms with Gasteiger partial charge in [-0.15, -0.1) is 10.2 Å². The number of nitro benzene ring substituents is 1. The number of benzene rings is 1. The van der Waals surface area contributed by atoms with Crippen LogP contribution in [0.15, 0.2) is 49.9 Å². The van der Waals surface area contributed by atoms with Gasteiger partial charge in [0.05, 0.1) is 4.92 Å². The van der Waals surface area contributed by atoms with Gasteiger partial charge in [-0.3, -0.25) is 10.1 Å². The molecule has 2 heterocycles. The lowest BCUT2D eigenvalue weighted by Gasteiger charge is -2.07.